The second-order valence-electron chi connectivity index (χ2n) is 4.06. The number of fused-ring (bicyclic) bond motifs is 2. The zero-order valence-electron chi connectivity index (χ0n) is 8.97. The lowest BCUT2D eigenvalue weighted by atomic mass is 10.1. The van der Waals surface area contributed by atoms with Gasteiger partial charge in [-0.3, -0.25) is 9.80 Å². The van der Waals surface area contributed by atoms with E-state index >= 15 is 0 Å². The summed E-state index contributed by atoms with van der Waals surface area (Å²) in [6.07, 6.45) is 3.95. The monoisotopic (exact) mass is 215 g/mol. The van der Waals surface area contributed by atoms with Crippen LogP contribution < -0.4 is 0 Å². The van der Waals surface area contributed by atoms with Gasteiger partial charge in [0.2, 0.25) is 0 Å². The van der Waals surface area contributed by atoms with Crippen LogP contribution in [0.4, 0.5) is 5.69 Å². The summed E-state index contributed by atoms with van der Waals surface area (Å²) in [5.41, 5.74) is 1.46. The molecule has 2 aliphatic heterocycles. The van der Waals surface area contributed by atoms with E-state index in [1.807, 2.05) is 29.3 Å². The lowest BCUT2D eigenvalue weighted by Gasteiger charge is -2.36. The molecule has 0 radical (unpaired) electrons. The number of hydrogen-bond donors (Lipinski definition) is 0. The van der Waals surface area contributed by atoms with Crippen LogP contribution in [0.5, 0.6) is 0 Å². The van der Waals surface area contributed by atoms with Gasteiger partial charge in [0.25, 0.3) is 5.91 Å². The molecule has 1 aromatic carbocycles. The van der Waals surface area contributed by atoms with Crippen LogP contribution in [0.3, 0.4) is 0 Å². The third-order valence-corrected chi connectivity index (χ3v) is 3.02. The Balaban J connectivity index is 2.06. The largest absolute Gasteiger partial charge is 0.274 e. The van der Waals surface area contributed by atoms with Crippen molar-refractivity contribution in [3.8, 4) is 0 Å². The fraction of sp³-hybridized carbons (Fsp3) is 0.333. The van der Waals surface area contributed by atoms with Crippen molar-refractivity contribution in [1.29, 1.82) is 0 Å². The first-order chi connectivity index (χ1) is 7.86. The van der Waals surface area contributed by atoms with Gasteiger partial charge >= 0.3 is 0 Å². The number of hydrazine groups is 1. The highest BCUT2D eigenvalue weighted by atomic mass is 16.2. The van der Waals surface area contributed by atoms with Crippen molar-refractivity contribution in [2.75, 3.05) is 13.1 Å². The second kappa shape index (κ2) is 3.63. The number of nitrogens with zero attached hydrogens (tertiary/aromatic N) is 3. The summed E-state index contributed by atoms with van der Waals surface area (Å²) >= 11 is 0. The quantitative estimate of drug-likeness (QED) is 0.661. The first-order valence-electron chi connectivity index (χ1n) is 5.58. The highest BCUT2D eigenvalue weighted by Crippen LogP contribution is 2.25. The predicted octanol–water partition coefficient (Wildman–Crippen LogP) is 1.81. The van der Waals surface area contributed by atoms with Crippen molar-refractivity contribution in [1.82, 2.24) is 10.0 Å². The fourth-order valence-electron chi connectivity index (χ4n) is 2.16. The number of aliphatic imine (C=N–C) groups is 1. The van der Waals surface area contributed by atoms with Gasteiger partial charge in [0.05, 0.1) is 11.3 Å². The fourth-order valence-corrected chi connectivity index (χ4v) is 2.16. The van der Waals surface area contributed by atoms with Gasteiger partial charge < -0.3 is 0 Å². The average molecular weight is 215 g/mol. The normalized spacial score (nSPS) is 19.1. The van der Waals surface area contributed by atoms with Crippen LogP contribution in [0.25, 0.3) is 0 Å². The molecule has 1 amide bonds. The van der Waals surface area contributed by atoms with Gasteiger partial charge in [0, 0.05) is 13.1 Å². The van der Waals surface area contributed by atoms with Crippen molar-refractivity contribution < 1.29 is 4.79 Å². The predicted molar refractivity (Wildman–Crippen MR) is 61.6 cm³/mol. The zero-order valence-corrected chi connectivity index (χ0v) is 8.97. The third kappa shape index (κ3) is 1.38. The summed E-state index contributed by atoms with van der Waals surface area (Å²) in [7, 11) is 0. The Morgan fingerprint density at radius 1 is 1.12 bits per heavy atom. The Bertz CT molecular complexity index is 455. The molecule has 0 aromatic heterocycles. The van der Waals surface area contributed by atoms with E-state index < -0.39 is 0 Å². The highest BCUT2D eigenvalue weighted by molar-refractivity contribution is 6.00. The standard InChI is InChI=1S/C12H13N3O/c16-12-10-5-1-2-6-11(10)13-9-14-7-3-4-8-15(12)14/h1-2,5-6,9H,3-4,7-8H2. The number of rotatable bonds is 0. The molecule has 82 valence electrons. The molecule has 1 saturated heterocycles. The molecule has 2 aliphatic rings. The molecule has 0 N–H and O–H groups in total. The number of benzene rings is 1. The number of carbonyl (C=O) groups is 1. The molecule has 0 bridgehead atoms. The molecule has 2 heterocycles. The first-order valence-corrected chi connectivity index (χ1v) is 5.58. The van der Waals surface area contributed by atoms with Crippen molar-refractivity contribution in [3.05, 3.63) is 29.8 Å². The maximum Gasteiger partial charge on any atom is 0.274 e. The molecule has 16 heavy (non-hydrogen) atoms. The molecular formula is C12H13N3O. The summed E-state index contributed by atoms with van der Waals surface area (Å²) < 4.78 is 0. The van der Waals surface area contributed by atoms with Gasteiger partial charge in [0.1, 0.15) is 6.34 Å². The first kappa shape index (κ1) is 9.39. The molecule has 3 rings (SSSR count). The zero-order chi connectivity index (χ0) is 11.0. The molecule has 0 atom stereocenters. The van der Waals surface area contributed by atoms with Crippen LogP contribution in [0, 0.1) is 0 Å². The van der Waals surface area contributed by atoms with Gasteiger partial charge in [-0.1, -0.05) is 12.1 Å². The minimum atomic E-state index is 0.0628. The van der Waals surface area contributed by atoms with Gasteiger partial charge in [-0.2, -0.15) is 0 Å². The van der Waals surface area contributed by atoms with Crippen molar-refractivity contribution in [2.24, 2.45) is 4.99 Å². The number of carbonyl (C=O) groups excluding carboxylic acids is 1. The van der Waals surface area contributed by atoms with Crippen LogP contribution in [0.2, 0.25) is 0 Å². The van der Waals surface area contributed by atoms with E-state index in [1.165, 1.54) is 0 Å². The van der Waals surface area contributed by atoms with Crippen LogP contribution in [0.1, 0.15) is 23.2 Å². The topological polar surface area (TPSA) is 35.9 Å². The molecule has 0 unspecified atom stereocenters. The van der Waals surface area contributed by atoms with E-state index in [9.17, 15) is 4.79 Å². The van der Waals surface area contributed by atoms with Crippen LogP contribution in [0.15, 0.2) is 29.3 Å². The molecular weight excluding hydrogens is 202 g/mol. The van der Waals surface area contributed by atoms with Crippen molar-refractivity contribution >= 4 is 17.9 Å². The van der Waals surface area contributed by atoms with E-state index in [2.05, 4.69) is 4.99 Å². The average Bonchev–Trinajstić information content (AvgIpc) is 2.49. The van der Waals surface area contributed by atoms with Crippen molar-refractivity contribution in [2.45, 2.75) is 12.8 Å². The summed E-state index contributed by atoms with van der Waals surface area (Å²) in [6, 6.07) is 7.51. The smallest absolute Gasteiger partial charge is 0.272 e. The molecule has 4 nitrogen and oxygen atoms in total. The minimum Gasteiger partial charge on any atom is -0.272 e. The Morgan fingerprint density at radius 3 is 2.88 bits per heavy atom. The Kier molecular flexibility index (Phi) is 2.13. The summed E-state index contributed by atoms with van der Waals surface area (Å²) in [6.45, 7) is 1.67. The van der Waals surface area contributed by atoms with E-state index in [0.29, 0.717) is 5.56 Å². The van der Waals surface area contributed by atoms with Gasteiger partial charge in [-0.25, -0.2) is 10.0 Å². The summed E-state index contributed by atoms with van der Waals surface area (Å²) in [5, 5.41) is 3.71. The number of hydrogen-bond acceptors (Lipinski definition) is 3. The van der Waals surface area contributed by atoms with Crippen LogP contribution >= 0.6 is 0 Å². The van der Waals surface area contributed by atoms with E-state index in [4.69, 9.17) is 0 Å². The maximum atomic E-state index is 12.3. The summed E-state index contributed by atoms with van der Waals surface area (Å²) in [5.74, 6) is 0.0628. The van der Waals surface area contributed by atoms with Crippen molar-refractivity contribution in [3.63, 3.8) is 0 Å². The lowest BCUT2D eigenvalue weighted by Crippen LogP contribution is -2.48. The molecule has 0 saturated carbocycles. The molecule has 4 heteroatoms. The third-order valence-electron chi connectivity index (χ3n) is 3.02. The summed E-state index contributed by atoms with van der Waals surface area (Å²) in [4.78, 5) is 16.6. The maximum absolute atomic E-state index is 12.3. The van der Waals surface area contributed by atoms with E-state index in [0.717, 1.165) is 31.6 Å². The second-order valence-corrected chi connectivity index (χ2v) is 4.06. The van der Waals surface area contributed by atoms with E-state index in [-0.39, 0.29) is 5.91 Å². The van der Waals surface area contributed by atoms with Gasteiger partial charge in [0.15, 0.2) is 0 Å². The SMILES string of the molecule is O=C1c2ccccc2N=CN2CCCCN12. The van der Waals surface area contributed by atoms with Crippen LogP contribution in [-0.2, 0) is 0 Å². The molecule has 0 spiro atoms. The molecule has 0 aliphatic carbocycles. The lowest BCUT2D eigenvalue weighted by molar-refractivity contribution is 0.0186. The number of para-hydroxylation sites is 1. The highest BCUT2D eigenvalue weighted by Gasteiger charge is 2.27. The number of amides is 1. The minimum absolute atomic E-state index is 0.0628. The Labute approximate surface area is 94.2 Å². The Morgan fingerprint density at radius 2 is 1.94 bits per heavy atom. The molecule has 1 aromatic rings. The van der Waals surface area contributed by atoms with Gasteiger partial charge in [-0.15, -0.1) is 0 Å². The Hall–Kier alpha value is -1.84. The van der Waals surface area contributed by atoms with E-state index in [1.54, 1.807) is 11.3 Å². The molecule has 1 fully saturated rings. The van der Waals surface area contributed by atoms with Gasteiger partial charge in [-0.05, 0) is 25.0 Å². The van der Waals surface area contributed by atoms with Crippen LogP contribution in [-0.4, -0.2) is 35.4 Å².